The van der Waals surface area contributed by atoms with Gasteiger partial charge in [0.15, 0.2) is 0 Å². The first kappa shape index (κ1) is 25.0. The molecule has 8 nitrogen and oxygen atoms in total. The highest BCUT2D eigenvalue weighted by molar-refractivity contribution is 5.86. The van der Waals surface area contributed by atoms with Gasteiger partial charge in [-0.3, -0.25) is 9.59 Å². The Balaban J connectivity index is 1.55. The van der Waals surface area contributed by atoms with E-state index < -0.39 is 30.2 Å². The first-order chi connectivity index (χ1) is 16.2. The molecule has 3 N–H and O–H groups in total. The lowest BCUT2D eigenvalue weighted by Gasteiger charge is -2.21. The van der Waals surface area contributed by atoms with Crippen molar-refractivity contribution in [3.63, 3.8) is 0 Å². The Labute approximate surface area is 193 Å². The SMILES string of the molecule is O=C(O)CCOCCNC(=O)C(NC(=O)OCC1c2ccccc2-c2ccccc21)C(F)(F)F. The average molecular weight is 480 g/mol. The van der Waals surface area contributed by atoms with Crippen LogP contribution < -0.4 is 10.6 Å². The van der Waals surface area contributed by atoms with Crippen molar-refractivity contribution in [2.45, 2.75) is 24.6 Å². The molecule has 1 aliphatic carbocycles. The lowest BCUT2D eigenvalue weighted by Crippen LogP contribution is -2.55. The van der Waals surface area contributed by atoms with Crippen LogP contribution in [-0.2, 0) is 19.1 Å². The number of carboxylic acids is 1. The number of ether oxygens (including phenoxy) is 2. The molecule has 34 heavy (non-hydrogen) atoms. The van der Waals surface area contributed by atoms with Crippen LogP contribution in [0.1, 0.15) is 23.5 Å². The van der Waals surface area contributed by atoms with E-state index in [2.05, 4.69) is 0 Å². The molecular formula is C23H23F3N2O6. The highest BCUT2D eigenvalue weighted by Gasteiger charge is 2.46. The third kappa shape index (κ3) is 6.25. The van der Waals surface area contributed by atoms with Gasteiger partial charge in [0.25, 0.3) is 5.91 Å². The highest BCUT2D eigenvalue weighted by atomic mass is 19.4. The molecule has 1 aliphatic rings. The monoisotopic (exact) mass is 480 g/mol. The Bertz CT molecular complexity index is 998. The van der Waals surface area contributed by atoms with Crippen LogP contribution in [0.25, 0.3) is 11.1 Å². The van der Waals surface area contributed by atoms with Crippen LogP contribution in [0, 0.1) is 0 Å². The third-order valence-electron chi connectivity index (χ3n) is 5.20. The lowest BCUT2D eigenvalue weighted by molar-refractivity contribution is -0.167. The van der Waals surface area contributed by atoms with Crippen LogP contribution in [0.5, 0.6) is 0 Å². The van der Waals surface area contributed by atoms with Crippen molar-refractivity contribution in [1.82, 2.24) is 10.6 Å². The summed E-state index contributed by atoms with van der Waals surface area (Å²) in [6, 6.07) is 12.2. The average Bonchev–Trinajstić information content (AvgIpc) is 3.11. The number of amides is 2. The van der Waals surface area contributed by atoms with E-state index in [1.807, 2.05) is 53.8 Å². The summed E-state index contributed by atoms with van der Waals surface area (Å²) in [4.78, 5) is 34.5. The predicted molar refractivity (Wildman–Crippen MR) is 114 cm³/mol. The minimum atomic E-state index is -5.06. The number of alkyl halides is 3. The van der Waals surface area contributed by atoms with Gasteiger partial charge in [-0.05, 0) is 22.3 Å². The van der Waals surface area contributed by atoms with Crippen molar-refractivity contribution < 1.29 is 42.1 Å². The Kier molecular flexibility index (Phi) is 8.11. The number of nitrogens with one attached hydrogen (secondary N) is 2. The smallest absolute Gasteiger partial charge is 0.417 e. The van der Waals surface area contributed by atoms with Crippen LogP contribution in [0.15, 0.2) is 48.5 Å². The van der Waals surface area contributed by atoms with Gasteiger partial charge in [0.1, 0.15) is 6.61 Å². The van der Waals surface area contributed by atoms with E-state index >= 15 is 0 Å². The zero-order chi connectivity index (χ0) is 24.7. The molecule has 0 saturated carbocycles. The molecule has 11 heteroatoms. The number of rotatable bonds is 10. The van der Waals surface area contributed by atoms with Gasteiger partial charge in [0.05, 0.1) is 19.6 Å². The second-order valence-corrected chi connectivity index (χ2v) is 7.49. The number of benzene rings is 2. The summed E-state index contributed by atoms with van der Waals surface area (Å²) >= 11 is 0. The summed E-state index contributed by atoms with van der Waals surface area (Å²) in [5.41, 5.74) is 3.71. The summed E-state index contributed by atoms with van der Waals surface area (Å²) in [6.45, 7) is -0.832. The summed E-state index contributed by atoms with van der Waals surface area (Å²) in [6.07, 6.45) is -6.71. The van der Waals surface area contributed by atoms with Crippen LogP contribution in [-0.4, -0.2) is 61.7 Å². The second-order valence-electron chi connectivity index (χ2n) is 7.49. The minimum Gasteiger partial charge on any atom is -0.481 e. The Morgan fingerprint density at radius 2 is 1.56 bits per heavy atom. The van der Waals surface area contributed by atoms with Gasteiger partial charge in [-0.1, -0.05) is 48.5 Å². The zero-order valence-electron chi connectivity index (χ0n) is 17.9. The molecule has 0 bridgehead atoms. The standard InChI is InChI=1S/C23H23F3N2O6/c24-23(25,26)20(21(31)27-10-12-33-11-9-19(29)30)28-22(32)34-13-18-16-7-3-1-5-14(16)15-6-2-4-8-17(15)18/h1-8,18,20H,9-13H2,(H,27,31)(H,28,32)(H,29,30). The van der Waals surface area contributed by atoms with Crippen LogP contribution >= 0.6 is 0 Å². The number of fused-ring (bicyclic) bond motifs is 3. The maximum absolute atomic E-state index is 13.4. The fourth-order valence-corrected chi connectivity index (χ4v) is 3.66. The minimum absolute atomic E-state index is 0.147. The first-order valence-corrected chi connectivity index (χ1v) is 10.4. The molecule has 0 saturated heterocycles. The molecule has 2 aromatic carbocycles. The maximum atomic E-state index is 13.4. The molecular weight excluding hydrogens is 457 g/mol. The van der Waals surface area contributed by atoms with E-state index in [1.54, 1.807) is 5.32 Å². The van der Waals surface area contributed by atoms with Gasteiger partial charge >= 0.3 is 18.2 Å². The Morgan fingerprint density at radius 1 is 0.971 bits per heavy atom. The highest BCUT2D eigenvalue weighted by Crippen LogP contribution is 2.44. The molecule has 0 fully saturated rings. The van der Waals surface area contributed by atoms with E-state index in [-0.39, 0.29) is 38.7 Å². The number of hydrogen-bond acceptors (Lipinski definition) is 5. The van der Waals surface area contributed by atoms with Gasteiger partial charge in [-0.2, -0.15) is 13.2 Å². The van der Waals surface area contributed by atoms with Gasteiger partial charge in [0.2, 0.25) is 6.04 Å². The van der Waals surface area contributed by atoms with Crippen LogP contribution in [0.3, 0.4) is 0 Å². The van der Waals surface area contributed by atoms with Gasteiger partial charge in [-0.15, -0.1) is 0 Å². The van der Waals surface area contributed by atoms with Crippen molar-refractivity contribution in [2.75, 3.05) is 26.4 Å². The normalized spacial score (nSPS) is 13.5. The molecule has 0 aromatic heterocycles. The molecule has 1 unspecified atom stereocenters. The topological polar surface area (TPSA) is 114 Å². The van der Waals surface area contributed by atoms with Gasteiger partial charge < -0.3 is 25.2 Å². The van der Waals surface area contributed by atoms with Crippen molar-refractivity contribution in [3.8, 4) is 11.1 Å². The third-order valence-corrected chi connectivity index (χ3v) is 5.20. The Hall–Kier alpha value is -3.60. The molecule has 0 heterocycles. The second kappa shape index (κ2) is 11.0. The molecule has 1 atom stereocenters. The summed E-state index contributed by atoms with van der Waals surface area (Å²) in [5.74, 6) is -2.92. The van der Waals surface area contributed by atoms with Gasteiger partial charge in [-0.25, -0.2) is 4.79 Å². The maximum Gasteiger partial charge on any atom is 0.417 e. The van der Waals surface area contributed by atoms with Crippen molar-refractivity contribution in [2.24, 2.45) is 0 Å². The Morgan fingerprint density at radius 3 is 2.12 bits per heavy atom. The van der Waals surface area contributed by atoms with Crippen LogP contribution in [0.2, 0.25) is 0 Å². The zero-order valence-corrected chi connectivity index (χ0v) is 17.9. The van der Waals surface area contributed by atoms with E-state index in [9.17, 15) is 27.6 Å². The summed E-state index contributed by atoms with van der Waals surface area (Å²) in [7, 11) is 0. The number of carbonyl (C=O) groups excluding carboxylic acids is 2. The van der Waals surface area contributed by atoms with E-state index in [0.717, 1.165) is 22.3 Å². The molecule has 182 valence electrons. The fraction of sp³-hybridized carbons (Fsp3) is 0.348. The largest absolute Gasteiger partial charge is 0.481 e. The molecule has 0 aliphatic heterocycles. The van der Waals surface area contributed by atoms with E-state index in [4.69, 9.17) is 14.6 Å². The van der Waals surface area contributed by atoms with Crippen molar-refractivity contribution in [3.05, 3.63) is 59.7 Å². The summed E-state index contributed by atoms with van der Waals surface area (Å²) in [5, 5.41) is 12.1. The lowest BCUT2D eigenvalue weighted by atomic mass is 9.98. The molecule has 0 spiro atoms. The van der Waals surface area contributed by atoms with Crippen LogP contribution in [0.4, 0.5) is 18.0 Å². The molecule has 2 amide bonds. The number of halogens is 3. The molecule has 0 radical (unpaired) electrons. The first-order valence-electron chi connectivity index (χ1n) is 10.4. The number of aliphatic carboxylic acids is 1. The number of carbonyl (C=O) groups is 3. The van der Waals surface area contributed by atoms with E-state index in [0.29, 0.717) is 0 Å². The molecule has 2 aromatic rings. The van der Waals surface area contributed by atoms with Crippen molar-refractivity contribution in [1.29, 1.82) is 0 Å². The summed E-state index contributed by atoms with van der Waals surface area (Å²) < 4.78 is 50.1. The fourth-order valence-electron chi connectivity index (χ4n) is 3.66. The predicted octanol–water partition coefficient (Wildman–Crippen LogP) is 3.06. The van der Waals surface area contributed by atoms with Crippen molar-refractivity contribution >= 4 is 18.0 Å². The number of alkyl carbamates (subject to hydrolysis) is 1. The van der Waals surface area contributed by atoms with E-state index in [1.165, 1.54) is 0 Å². The quantitative estimate of drug-likeness (QED) is 0.451. The number of carboxylic acid groups (broad SMARTS) is 1. The number of hydrogen-bond donors (Lipinski definition) is 3. The van der Waals surface area contributed by atoms with Gasteiger partial charge in [0, 0.05) is 12.5 Å². The molecule has 3 rings (SSSR count).